The molecule has 1 heterocycles. The zero-order valence-corrected chi connectivity index (χ0v) is 14.2. The quantitative estimate of drug-likeness (QED) is 0.627. The van der Waals surface area contributed by atoms with E-state index in [2.05, 4.69) is 25.8 Å². The van der Waals surface area contributed by atoms with Crippen LogP contribution in [0.4, 0.5) is 0 Å². The monoisotopic (exact) mass is 335 g/mol. The summed E-state index contributed by atoms with van der Waals surface area (Å²) in [6.45, 7) is 6.34. The molecule has 0 aliphatic rings. The molecule has 2 aromatic rings. The van der Waals surface area contributed by atoms with Gasteiger partial charge in [0.25, 0.3) is 0 Å². The molecule has 19 heavy (non-hydrogen) atoms. The minimum atomic E-state index is 0. The van der Waals surface area contributed by atoms with E-state index in [9.17, 15) is 0 Å². The van der Waals surface area contributed by atoms with E-state index < -0.39 is 0 Å². The van der Waals surface area contributed by atoms with E-state index in [0.29, 0.717) is 18.1 Å². The van der Waals surface area contributed by atoms with Crippen LogP contribution in [0, 0.1) is 0 Å². The van der Waals surface area contributed by atoms with Crippen LogP contribution in [0.5, 0.6) is 0 Å². The number of rotatable bonds is 4. The first-order valence-corrected chi connectivity index (χ1v) is 5.86. The second-order valence-corrected chi connectivity index (χ2v) is 2.93. The van der Waals surface area contributed by atoms with E-state index in [1.54, 1.807) is 0 Å². The standard InChI is InChI=1S/C10H10N5O.C2H6.Y/c1-2-16-13-9(10-11-14-15-12-10)8-6-4-3-5-7-8;1-2;/h3-7H,2H2,1H3;1-2H3;/q-1;;. The molecule has 99 valence electrons. The second kappa shape index (κ2) is 10.8. The zero-order valence-electron chi connectivity index (χ0n) is 11.3. The van der Waals surface area contributed by atoms with Crippen LogP contribution in [0.3, 0.4) is 0 Å². The number of aromatic nitrogens is 4. The third-order valence-electron chi connectivity index (χ3n) is 1.86. The second-order valence-electron chi connectivity index (χ2n) is 2.93. The number of oxime groups is 1. The predicted molar refractivity (Wildman–Crippen MR) is 68.2 cm³/mol. The first-order chi connectivity index (χ1) is 8.92. The molecule has 0 aliphatic heterocycles. The fraction of sp³-hybridized carbons (Fsp3) is 0.333. The van der Waals surface area contributed by atoms with E-state index in [0.717, 1.165) is 5.56 Å². The van der Waals surface area contributed by atoms with Gasteiger partial charge in [0.1, 0.15) is 12.3 Å². The van der Waals surface area contributed by atoms with E-state index in [1.165, 1.54) is 0 Å². The molecule has 0 atom stereocenters. The molecule has 0 saturated heterocycles. The maximum Gasteiger partial charge on any atom is 0.124 e. The van der Waals surface area contributed by atoms with Crippen LogP contribution in [0.2, 0.25) is 0 Å². The Hall–Kier alpha value is -1.14. The molecule has 7 heteroatoms. The van der Waals surface area contributed by atoms with E-state index >= 15 is 0 Å². The Labute approximate surface area is 137 Å². The van der Waals surface area contributed by atoms with Crippen LogP contribution < -0.4 is 5.10 Å². The molecule has 0 N–H and O–H groups in total. The number of tetrazole rings is 1. The average Bonchev–Trinajstić information content (AvgIpc) is 2.97. The van der Waals surface area contributed by atoms with Gasteiger partial charge in [-0.1, -0.05) is 49.3 Å². The van der Waals surface area contributed by atoms with E-state index in [4.69, 9.17) is 4.84 Å². The molecule has 1 aromatic heterocycles. The molecule has 0 fully saturated rings. The summed E-state index contributed by atoms with van der Waals surface area (Å²) in [5.74, 6) is 0.361. The summed E-state index contributed by atoms with van der Waals surface area (Å²) in [6, 6.07) is 9.52. The maximum atomic E-state index is 5.03. The molecule has 6 nitrogen and oxygen atoms in total. The number of nitrogens with zero attached hydrogens (tertiary/aromatic N) is 5. The smallest absolute Gasteiger partial charge is 0.124 e. The number of hydrogen-bond acceptors (Lipinski definition) is 5. The minimum absolute atomic E-state index is 0. The number of hydrogen-bond donors (Lipinski definition) is 0. The Morgan fingerprint density at radius 1 is 1.26 bits per heavy atom. The third kappa shape index (κ3) is 5.57. The molecule has 0 saturated carbocycles. The SMILES string of the molecule is CC.CCON=C(c1ccccc1)c1nnn[n-]1.[Y]. The van der Waals surface area contributed by atoms with Crippen molar-refractivity contribution in [2.24, 2.45) is 5.16 Å². The van der Waals surface area contributed by atoms with Crippen molar-refractivity contribution in [1.29, 1.82) is 0 Å². The zero-order chi connectivity index (χ0) is 13.2. The summed E-state index contributed by atoms with van der Waals surface area (Å²) < 4.78 is 0. The molecule has 2 rings (SSSR count). The van der Waals surface area contributed by atoms with Crippen molar-refractivity contribution in [2.45, 2.75) is 20.8 Å². The summed E-state index contributed by atoms with van der Waals surface area (Å²) in [6.07, 6.45) is 0. The van der Waals surface area contributed by atoms with Crippen LogP contribution in [0.15, 0.2) is 35.5 Å². The summed E-state index contributed by atoms with van der Waals surface area (Å²) in [5, 5.41) is 18.4. The van der Waals surface area contributed by atoms with Crippen molar-refractivity contribution < 1.29 is 37.5 Å². The Morgan fingerprint density at radius 2 is 1.95 bits per heavy atom. The third-order valence-corrected chi connectivity index (χ3v) is 1.86. The largest absolute Gasteiger partial charge is 0.396 e. The molecule has 0 bridgehead atoms. The van der Waals surface area contributed by atoms with Crippen molar-refractivity contribution in [3.8, 4) is 0 Å². The van der Waals surface area contributed by atoms with Gasteiger partial charge in [-0.05, 0) is 6.92 Å². The topological polar surface area (TPSA) is 74.4 Å². The summed E-state index contributed by atoms with van der Waals surface area (Å²) in [5.41, 5.74) is 1.40. The Balaban J connectivity index is 0.00000103. The fourth-order valence-corrected chi connectivity index (χ4v) is 1.19. The van der Waals surface area contributed by atoms with Crippen LogP contribution in [-0.2, 0) is 37.5 Å². The van der Waals surface area contributed by atoms with Crippen LogP contribution in [-0.4, -0.2) is 27.8 Å². The van der Waals surface area contributed by atoms with Gasteiger partial charge in [0.15, 0.2) is 0 Å². The van der Waals surface area contributed by atoms with Gasteiger partial charge < -0.3 is 9.94 Å². The van der Waals surface area contributed by atoms with E-state index in [-0.39, 0.29) is 32.7 Å². The van der Waals surface area contributed by atoms with Crippen molar-refractivity contribution >= 4 is 5.71 Å². The molecule has 0 spiro atoms. The maximum absolute atomic E-state index is 5.03. The first-order valence-electron chi connectivity index (χ1n) is 5.86. The normalized spacial score (nSPS) is 9.95. The van der Waals surface area contributed by atoms with Crippen LogP contribution in [0.25, 0.3) is 0 Å². The molecule has 0 amide bonds. The number of benzene rings is 1. The van der Waals surface area contributed by atoms with Crippen LogP contribution >= 0.6 is 0 Å². The first kappa shape index (κ1) is 17.9. The molecule has 0 aliphatic carbocycles. The van der Waals surface area contributed by atoms with Gasteiger partial charge in [0.05, 0.1) is 5.82 Å². The van der Waals surface area contributed by atoms with Crippen molar-refractivity contribution in [3.63, 3.8) is 0 Å². The van der Waals surface area contributed by atoms with Crippen molar-refractivity contribution in [2.75, 3.05) is 6.61 Å². The summed E-state index contributed by atoms with van der Waals surface area (Å²) in [7, 11) is 0. The molecular weight excluding hydrogens is 319 g/mol. The van der Waals surface area contributed by atoms with Gasteiger partial charge in [0, 0.05) is 38.3 Å². The van der Waals surface area contributed by atoms with Gasteiger partial charge in [-0.15, -0.1) is 0 Å². The molecule has 0 unspecified atom stereocenters. The van der Waals surface area contributed by atoms with Crippen LogP contribution in [0.1, 0.15) is 32.2 Å². The summed E-state index contributed by atoms with van der Waals surface area (Å²) in [4.78, 5) is 5.03. The van der Waals surface area contributed by atoms with Crippen molar-refractivity contribution in [3.05, 3.63) is 41.7 Å². The summed E-state index contributed by atoms with van der Waals surface area (Å²) >= 11 is 0. The molecule has 1 aromatic carbocycles. The Bertz CT molecular complexity index is 458. The molecular formula is C12H16N5OY-. The van der Waals surface area contributed by atoms with E-state index in [1.807, 2.05) is 51.1 Å². The van der Waals surface area contributed by atoms with Gasteiger partial charge in [0.2, 0.25) is 0 Å². The van der Waals surface area contributed by atoms with Crippen molar-refractivity contribution in [1.82, 2.24) is 20.6 Å². The Kier molecular flexibility index (Phi) is 10.1. The van der Waals surface area contributed by atoms with Gasteiger partial charge in [-0.2, -0.15) is 5.21 Å². The average molecular weight is 335 g/mol. The predicted octanol–water partition coefficient (Wildman–Crippen LogP) is 1.64. The van der Waals surface area contributed by atoms with Gasteiger partial charge in [-0.3, -0.25) is 10.3 Å². The van der Waals surface area contributed by atoms with Gasteiger partial charge >= 0.3 is 0 Å². The minimum Gasteiger partial charge on any atom is -0.396 e. The Morgan fingerprint density at radius 3 is 2.47 bits per heavy atom. The fourth-order valence-electron chi connectivity index (χ4n) is 1.19. The van der Waals surface area contributed by atoms with Gasteiger partial charge in [-0.25, -0.2) is 0 Å². The molecule has 1 radical (unpaired) electrons.